The second-order valence-electron chi connectivity index (χ2n) is 4.87. The lowest BCUT2D eigenvalue weighted by atomic mass is 10.1. The van der Waals surface area contributed by atoms with E-state index in [1.165, 1.54) is 0 Å². The first-order valence-corrected chi connectivity index (χ1v) is 5.67. The molecule has 1 aromatic heterocycles. The van der Waals surface area contributed by atoms with Crippen LogP contribution in [-0.4, -0.2) is 28.8 Å². The van der Waals surface area contributed by atoms with Gasteiger partial charge in [-0.2, -0.15) is 0 Å². The molecule has 1 aliphatic heterocycles. The average Bonchev–Trinajstić information content (AvgIpc) is 2.59. The fourth-order valence-electron chi connectivity index (χ4n) is 2.15. The van der Waals surface area contributed by atoms with E-state index < -0.39 is 5.60 Å². The molecule has 0 bridgehead atoms. The molecule has 0 aliphatic carbocycles. The molecule has 3 N–H and O–H groups in total. The van der Waals surface area contributed by atoms with Crippen molar-refractivity contribution in [2.24, 2.45) is 5.73 Å². The molecule has 0 amide bonds. The minimum Gasteiger partial charge on any atom is -0.388 e. The van der Waals surface area contributed by atoms with Gasteiger partial charge in [0.05, 0.1) is 5.60 Å². The normalized spacial score (nSPS) is 27.1. The van der Waals surface area contributed by atoms with E-state index in [1.807, 2.05) is 26.0 Å². The third-order valence-corrected chi connectivity index (χ3v) is 3.06. The number of rotatable bonds is 2. The number of anilines is 1. The van der Waals surface area contributed by atoms with Gasteiger partial charge in [0.2, 0.25) is 0 Å². The van der Waals surface area contributed by atoms with Crippen LogP contribution in [0.1, 0.15) is 31.9 Å². The van der Waals surface area contributed by atoms with E-state index in [0.29, 0.717) is 6.54 Å². The number of nitrogens with zero attached hydrogens (tertiary/aromatic N) is 2. The molecule has 4 nitrogen and oxygen atoms in total. The van der Waals surface area contributed by atoms with Crippen LogP contribution in [-0.2, 0) is 0 Å². The Morgan fingerprint density at radius 2 is 2.38 bits per heavy atom. The fraction of sp³-hybridized carbons (Fsp3) is 0.583. The molecule has 1 aliphatic rings. The maximum atomic E-state index is 9.95. The SMILES string of the molecule is CC(N)c1cccnc1N1CCC(C)(O)C1. The van der Waals surface area contributed by atoms with Crippen molar-refractivity contribution in [3.63, 3.8) is 0 Å². The number of aromatic nitrogens is 1. The summed E-state index contributed by atoms with van der Waals surface area (Å²) in [6.45, 7) is 5.28. The molecular formula is C12H19N3O. The maximum Gasteiger partial charge on any atom is 0.133 e. The molecule has 2 unspecified atom stereocenters. The van der Waals surface area contributed by atoms with E-state index in [2.05, 4.69) is 9.88 Å². The van der Waals surface area contributed by atoms with Crippen molar-refractivity contribution in [3.8, 4) is 0 Å². The van der Waals surface area contributed by atoms with Gasteiger partial charge in [0, 0.05) is 30.9 Å². The van der Waals surface area contributed by atoms with Gasteiger partial charge in [0.15, 0.2) is 0 Å². The summed E-state index contributed by atoms with van der Waals surface area (Å²) in [6, 6.07) is 3.87. The van der Waals surface area contributed by atoms with Crippen LogP contribution in [0.4, 0.5) is 5.82 Å². The molecule has 16 heavy (non-hydrogen) atoms. The van der Waals surface area contributed by atoms with E-state index >= 15 is 0 Å². The van der Waals surface area contributed by atoms with Gasteiger partial charge < -0.3 is 15.7 Å². The molecule has 2 rings (SSSR count). The molecule has 0 radical (unpaired) electrons. The van der Waals surface area contributed by atoms with Crippen molar-refractivity contribution in [1.29, 1.82) is 0 Å². The van der Waals surface area contributed by atoms with Crippen molar-refractivity contribution in [1.82, 2.24) is 4.98 Å². The van der Waals surface area contributed by atoms with Crippen LogP contribution in [0.5, 0.6) is 0 Å². The summed E-state index contributed by atoms with van der Waals surface area (Å²) >= 11 is 0. The van der Waals surface area contributed by atoms with Crippen molar-refractivity contribution in [3.05, 3.63) is 23.9 Å². The molecule has 0 saturated carbocycles. The van der Waals surface area contributed by atoms with E-state index in [4.69, 9.17) is 5.73 Å². The number of nitrogens with two attached hydrogens (primary N) is 1. The average molecular weight is 221 g/mol. The Bertz CT molecular complexity index is 376. The highest BCUT2D eigenvalue weighted by Gasteiger charge is 2.33. The molecule has 2 atom stereocenters. The van der Waals surface area contributed by atoms with Gasteiger partial charge in [0.25, 0.3) is 0 Å². The lowest BCUT2D eigenvalue weighted by Gasteiger charge is -2.23. The summed E-state index contributed by atoms with van der Waals surface area (Å²) in [5.74, 6) is 0.912. The van der Waals surface area contributed by atoms with Gasteiger partial charge in [-0.25, -0.2) is 4.98 Å². The minimum atomic E-state index is -0.605. The summed E-state index contributed by atoms with van der Waals surface area (Å²) in [7, 11) is 0. The van der Waals surface area contributed by atoms with E-state index in [-0.39, 0.29) is 6.04 Å². The topological polar surface area (TPSA) is 62.4 Å². The van der Waals surface area contributed by atoms with Crippen molar-refractivity contribution in [2.45, 2.75) is 31.9 Å². The van der Waals surface area contributed by atoms with Gasteiger partial charge in [0.1, 0.15) is 5.82 Å². The second-order valence-corrected chi connectivity index (χ2v) is 4.87. The monoisotopic (exact) mass is 221 g/mol. The quantitative estimate of drug-likeness (QED) is 0.784. The first-order chi connectivity index (χ1) is 7.49. The highest BCUT2D eigenvalue weighted by molar-refractivity contribution is 5.49. The van der Waals surface area contributed by atoms with Gasteiger partial charge in [-0.15, -0.1) is 0 Å². The number of hydrogen-bond acceptors (Lipinski definition) is 4. The maximum absolute atomic E-state index is 9.95. The van der Waals surface area contributed by atoms with Crippen LogP contribution >= 0.6 is 0 Å². The highest BCUT2D eigenvalue weighted by atomic mass is 16.3. The molecule has 88 valence electrons. The van der Waals surface area contributed by atoms with Crippen LogP contribution in [0.25, 0.3) is 0 Å². The zero-order valence-electron chi connectivity index (χ0n) is 9.85. The Balaban J connectivity index is 2.28. The Kier molecular flexibility index (Phi) is 2.86. The number of pyridine rings is 1. The first kappa shape index (κ1) is 11.4. The van der Waals surface area contributed by atoms with Gasteiger partial charge >= 0.3 is 0 Å². The molecule has 2 heterocycles. The van der Waals surface area contributed by atoms with Crippen LogP contribution in [0.15, 0.2) is 18.3 Å². The zero-order valence-corrected chi connectivity index (χ0v) is 9.85. The predicted molar refractivity (Wildman–Crippen MR) is 64.3 cm³/mol. The smallest absolute Gasteiger partial charge is 0.133 e. The van der Waals surface area contributed by atoms with Crippen LogP contribution in [0.2, 0.25) is 0 Å². The summed E-state index contributed by atoms with van der Waals surface area (Å²) in [6.07, 6.45) is 2.55. The Hall–Kier alpha value is -1.13. The van der Waals surface area contributed by atoms with E-state index in [0.717, 1.165) is 24.3 Å². The third kappa shape index (κ3) is 2.18. The minimum absolute atomic E-state index is 0.0331. The summed E-state index contributed by atoms with van der Waals surface area (Å²) < 4.78 is 0. The second kappa shape index (κ2) is 4.03. The lowest BCUT2D eigenvalue weighted by molar-refractivity contribution is 0.0839. The first-order valence-electron chi connectivity index (χ1n) is 5.67. The van der Waals surface area contributed by atoms with E-state index in [1.54, 1.807) is 6.20 Å². The highest BCUT2D eigenvalue weighted by Crippen LogP contribution is 2.29. The molecule has 4 heteroatoms. The molecule has 1 saturated heterocycles. The Morgan fingerprint density at radius 1 is 1.62 bits per heavy atom. The van der Waals surface area contributed by atoms with Crippen LogP contribution in [0.3, 0.4) is 0 Å². The number of aliphatic hydroxyl groups is 1. The standard InChI is InChI=1S/C12H19N3O/c1-9(13)10-4-3-6-14-11(10)15-7-5-12(2,16)8-15/h3-4,6,9,16H,5,7-8,13H2,1-2H3. The largest absolute Gasteiger partial charge is 0.388 e. The Labute approximate surface area is 96.1 Å². The van der Waals surface area contributed by atoms with Gasteiger partial charge in [-0.05, 0) is 26.3 Å². The fourth-order valence-corrected chi connectivity index (χ4v) is 2.15. The van der Waals surface area contributed by atoms with Gasteiger partial charge in [-0.3, -0.25) is 0 Å². The molecule has 0 spiro atoms. The van der Waals surface area contributed by atoms with Crippen LogP contribution < -0.4 is 10.6 Å². The molecule has 1 aromatic rings. The predicted octanol–water partition coefficient (Wildman–Crippen LogP) is 1.06. The van der Waals surface area contributed by atoms with E-state index in [9.17, 15) is 5.11 Å². The molecule has 0 aromatic carbocycles. The lowest BCUT2D eigenvalue weighted by Crippen LogP contribution is -2.31. The number of hydrogen-bond donors (Lipinski definition) is 2. The summed E-state index contributed by atoms with van der Waals surface area (Å²) in [4.78, 5) is 6.49. The zero-order chi connectivity index (χ0) is 11.8. The number of β-amino-alcohol motifs (C(OH)–C–C–N with tert-alkyl or cyclic N) is 1. The van der Waals surface area contributed by atoms with Crippen molar-refractivity contribution >= 4 is 5.82 Å². The third-order valence-electron chi connectivity index (χ3n) is 3.06. The van der Waals surface area contributed by atoms with Gasteiger partial charge in [-0.1, -0.05) is 6.07 Å². The summed E-state index contributed by atoms with van der Waals surface area (Å²) in [5.41, 5.74) is 6.36. The Morgan fingerprint density at radius 3 is 2.94 bits per heavy atom. The van der Waals surface area contributed by atoms with Crippen LogP contribution in [0, 0.1) is 0 Å². The molecule has 1 fully saturated rings. The summed E-state index contributed by atoms with van der Waals surface area (Å²) in [5, 5.41) is 9.95. The molecular weight excluding hydrogens is 202 g/mol. The van der Waals surface area contributed by atoms with Crippen molar-refractivity contribution in [2.75, 3.05) is 18.0 Å². The van der Waals surface area contributed by atoms with Crippen molar-refractivity contribution < 1.29 is 5.11 Å².